The molecule has 1 aliphatic carbocycles. The molecule has 3 fully saturated rings. The van der Waals surface area contributed by atoms with Gasteiger partial charge in [-0.3, -0.25) is 19.5 Å². The van der Waals surface area contributed by atoms with Crippen molar-refractivity contribution in [2.24, 2.45) is 0 Å². The smallest absolute Gasteiger partial charge is 0.324 e. The second kappa shape index (κ2) is 6.72. The third kappa shape index (κ3) is 3.52. The summed E-state index contributed by atoms with van der Waals surface area (Å²) in [6, 6.07) is -0.192. The van der Waals surface area contributed by atoms with Gasteiger partial charge in [0.15, 0.2) is 5.82 Å². The zero-order chi connectivity index (χ0) is 17.4. The highest BCUT2D eigenvalue weighted by molar-refractivity contribution is 5.96. The molecule has 1 aromatic rings. The van der Waals surface area contributed by atoms with E-state index in [0.717, 1.165) is 44.8 Å². The van der Waals surface area contributed by atoms with Crippen molar-refractivity contribution in [3.05, 3.63) is 11.7 Å². The Kier molecular flexibility index (Phi) is 4.43. The lowest BCUT2D eigenvalue weighted by molar-refractivity contribution is -0.129. The molecule has 136 valence electrons. The van der Waals surface area contributed by atoms with Gasteiger partial charge in [-0.05, 0) is 19.8 Å². The Bertz CT molecular complexity index is 650. The number of imide groups is 1. The first-order valence-electron chi connectivity index (χ1n) is 9.00. The van der Waals surface area contributed by atoms with Crippen molar-refractivity contribution in [3.63, 3.8) is 0 Å². The highest BCUT2D eigenvalue weighted by atomic mass is 16.5. The SMILES string of the molecule is C[C@H](c1nc(C2CC2)no1)N1CCN(CC(=O)N2CCNC2=O)CC1. The summed E-state index contributed by atoms with van der Waals surface area (Å²) in [5.74, 6) is 1.90. The van der Waals surface area contributed by atoms with Gasteiger partial charge in [0, 0.05) is 45.2 Å². The Balaban J connectivity index is 1.27. The van der Waals surface area contributed by atoms with Crippen molar-refractivity contribution in [2.75, 3.05) is 45.8 Å². The number of urea groups is 1. The molecule has 0 unspecified atom stereocenters. The van der Waals surface area contributed by atoms with Crippen molar-refractivity contribution < 1.29 is 14.1 Å². The maximum Gasteiger partial charge on any atom is 0.324 e. The van der Waals surface area contributed by atoms with Crippen LogP contribution in [0.2, 0.25) is 0 Å². The third-order valence-corrected chi connectivity index (χ3v) is 5.23. The lowest BCUT2D eigenvalue weighted by Crippen LogP contribution is -2.50. The molecule has 2 aliphatic heterocycles. The normalized spacial score (nSPS) is 23.7. The Hall–Kier alpha value is -2.00. The van der Waals surface area contributed by atoms with Crippen LogP contribution in [0.15, 0.2) is 4.52 Å². The molecule has 0 bridgehead atoms. The third-order valence-electron chi connectivity index (χ3n) is 5.23. The van der Waals surface area contributed by atoms with E-state index in [0.29, 0.717) is 31.4 Å². The van der Waals surface area contributed by atoms with E-state index >= 15 is 0 Å². The number of hydrogen-bond acceptors (Lipinski definition) is 7. The Labute approximate surface area is 146 Å². The van der Waals surface area contributed by atoms with Crippen molar-refractivity contribution in [3.8, 4) is 0 Å². The monoisotopic (exact) mass is 348 g/mol. The van der Waals surface area contributed by atoms with Gasteiger partial charge in [-0.15, -0.1) is 0 Å². The van der Waals surface area contributed by atoms with Gasteiger partial charge in [0.25, 0.3) is 0 Å². The molecule has 4 rings (SSSR count). The second-order valence-corrected chi connectivity index (χ2v) is 7.03. The van der Waals surface area contributed by atoms with Gasteiger partial charge in [-0.25, -0.2) is 4.79 Å². The summed E-state index contributed by atoms with van der Waals surface area (Å²) in [5, 5.41) is 6.75. The van der Waals surface area contributed by atoms with Crippen molar-refractivity contribution in [1.82, 2.24) is 30.2 Å². The highest BCUT2D eigenvalue weighted by Crippen LogP contribution is 2.38. The van der Waals surface area contributed by atoms with Crippen molar-refractivity contribution in [2.45, 2.75) is 31.7 Å². The van der Waals surface area contributed by atoms with Crippen LogP contribution in [0.25, 0.3) is 0 Å². The molecule has 9 heteroatoms. The molecule has 0 aromatic carbocycles. The summed E-state index contributed by atoms with van der Waals surface area (Å²) < 4.78 is 5.43. The Morgan fingerprint density at radius 1 is 1.28 bits per heavy atom. The van der Waals surface area contributed by atoms with Gasteiger partial charge in [0.2, 0.25) is 11.8 Å². The van der Waals surface area contributed by atoms with Crippen LogP contribution in [0, 0.1) is 0 Å². The minimum atomic E-state index is -0.278. The van der Waals surface area contributed by atoms with Gasteiger partial charge in [-0.2, -0.15) is 4.98 Å². The first kappa shape index (κ1) is 16.5. The van der Waals surface area contributed by atoms with Crippen molar-refractivity contribution in [1.29, 1.82) is 0 Å². The van der Waals surface area contributed by atoms with E-state index in [9.17, 15) is 9.59 Å². The van der Waals surface area contributed by atoms with Gasteiger partial charge in [-0.1, -0.05) is 5.16 Å². The number of aromatic nitrogens is 2. The fraction of sp³-hybridized carbons (Fsp3) is 0.750. The molecule has 0 spiro atoms. The molecule has 1 N–H and O–H groups in total. The van der Waals surface area contributed by atoms with Crippen LogP contribution in [-0.4, -0.2) is 82.6 Å². The minimum Gasteiger partial charge on any atom is -0.338 e. The molecule has 3 aliphatic rings. The first-order valence-corrected chi connectivity index (χ1v) is 9.00. The maximum absolute atomic E-state index is 12.2. The Morgan fingerprint density at radius 3 is 2.68 bits per heavy atom. The van der Waals surface area contributed by atoms with Crippen LogP contribution in [0.1, 0.15) is 43.4 Å². The summed E-state index contributed by atoms with van der Waals surface area (Å²) in [4.78, 5) is 34.0. The van der Waals surface area contributed by atoms with E-state index in [1.165, 1.54) is 4.90 Å². The lowest BCUT2D eigenvalue weighted by atomic mass is 10.2. The molecule has 1 atom stereocenters. The van der Waals surface area contributed by atoms with Crippen molar-refractivity contribution >= 4 is 11.9 Å². The van der Waals surface area contributed by atoms with Gasteiger partial charge < -0.3 is 9.84 Å². The van der Waals surface area contributed by atoms with Crippen LogP contribution in [-0.2, 0) is 4.79 Å². The zero-order valence-corrected chi connectivity index (χ0v) is 14.5. The number of carbonyl (C=O) groups excluding carboxylic acids is 2. The predicted molar refractivity (Wildman–Crippen MR) is 87.8 cm³/mol. The first-order chi connectivity index (χ1) is 12.1. The summed E-state index contributed by atoms with van der Waals surface area (Å²) in [5.41, 5.74) is 0. The van der Waals surface area contributed by atoms with Gasteiger partial charge in [0.1, 0.15) is 0 Å². The van der Waals surface area contributed by atoms with E-state index in [2.05, 4.69) is 32.2 Å². The largest absolute Gasteiger partial charge is 0.338 e. The fourth-order valence-electron chi connectivity index (χ4n) is 3.38. The highest BCUT2D eigenvalue weighted by Gasteiger charge is 2.32. The fourth-order valence-corrected chi connectivity index (χ4v) is 3.38. The average molecular weight is 348 g/mol. The minimum absolute atomic E-state index is 0.0854. The second-order valence-electron chi connectivity index (χ2n) is 7.03. The van der Waals surface area contributed by atoms with Gasteiger partial charge >= 0.3 is 6.03 Å². The van der Waals surface area contributed by atoms with Crippen LogP contribution < -0.4 is 5.32 Å². The van der Waals surface area contributed by atoms with Crippen LogP contribution in [0.5, 0.6) is 0 Å². The maximum atomic E-state index is 12.2. The number of hydrogen-bond donors (Lipinski definition) is 1. The molecule has 25 heavy (non-hydrogen) atoms. The molecule has 1 saturated carbocycles. The Morgan fingerprint density at radius 2 is 2.04 bits per heavy atom. The number of rotatable bonds is 5. The number of carbonyl (C=O) groups is 2. The zero-order valence-electron chi connectivity index (χ0n) is 14.5. The molecule has 2 saturated heterocycles. The number of amides is 3. The summed E-state index contributed by atoms with van der Waals surface area (Å²) in [7, 11) is 0. The standard InChI is InChI=1S/C16H24N6O3/c1-11(15-18-14(19-25-15)12-2-3-12)21-8-6-20(7-9-21)10-13(23)22-5-4-17-16(22)24/h11-12H,2-10H2,1H3,(H,17,24)/t11-/m1/s1. The average Bonchev–Trinajstić information content (AvgIpc) is 3.18. The van der Waals surface area contributed by atoms with E-state index in [1.807, 2.05) is 0 Å². The van der Waals surface area contributed by atoms with Gasteiger partial charge in [0.05, 0.1) is 12.6 Å². The molecule has 9 nitrogen and oxygen atoms in total. The van der Waals surface area contributed by atoms with E-state index in [-0.39, 0.29) is 18.0 Å². The number of nitrogens with one attached hydrogen (secondary N) is 1. The number of nitrogens with zero attached hydrogens (tertiary/aromatic N) is 5. The molecular weight excluding hydrogens is 324 g/mol. The lowest BCUT2D eigenvalue weighted by Gasteiger charge is -2.36. The predicted octanol–water partition coefficient (Wildman–Crippen LogP) is 0.177. The molecule has 0 radical (unpaired) electrons. The van der Waals surface area contributed by atoms with E-state index in [4.69, 9.17) is 4.52 Å². The topological polar surface area (TPSA) is 94.8 Å². The summed E-state index contributed by atoms with van der Waals surface area (Å²) in [6.45, 7) is 6.63. The molecule has 3 heterocycles. The van der Waals surface area contributed by atoms with Crippen LogP contribution in [0.4, 0.5) is 4.79 Å². The number of piperazine rings is 1. The summed E-state index contributed by atoms with van der Waals surface area (Å²) in [6.07, 6.45) is 2.32. The van der Waals surface area contributed by atoms with Crippen LogP contribution in [0.3, 0.4) is 0 Å². The quantitative estimate of drug-likeness (QED) is 0.811. The van der Waals surface area contributed by atoms with Crippen LogP contribution >= 0.6 is 0 Å². The summed E-state index contributed by atoms with van der Waals surface area (Å²) >= 11 is 0. The van der Waals surface area contributed by atoms with E-state index in [1.54, 1.807) is 0 Å². The molecule has 1 aromatic heterocycles. The van der Waals surface area contributed by atoms with E-state index < -0.39 is 0 Å². The molecular formula is C16H24N6O3. The molecule has 3 amide bonds.